The van der Waals surface area contributed by atoms with E-state index in [2.05, 4.69) is 0 Å². The highest BCUT2D eigenvalue weighted by atomic mass is 35.5. The van der Waals surface area contributed by atoms with E-state index in [0.717, 1.165) is 17.7 Å². The van der Waals surface area contributed by atoms with Gasteiger partial charge < -0.3 is 14.4 Å². The average molecular weight is 588 g/mol. The molecule has 1 aliphatic heterocycles. The van der Waals surface area contributed by atoms with E-state index in [1.165, 1.54) is 10.8 Å². The van der Waals surface area contributed by atoms with Crippen molar-refractivity contribution in [3.05, 3.63) is 58.6 Å². The van der Waals surface area contributed by atoms with E-state index in [1.807, 2.05) is 18.2 Å². The van der Waals surface area contributed by atoms with Crippen molar-refractivity contribution in [1.82, 2.24) is 9.62 Å². The molecule has 0 spiro atoms. The van der Waals surface area contributed by atoms with E-state index in [9.17, 15) is 31.6 Å². The van der Waals surface area contributed by atoms with E-state index in [-0.39, 0.29) is 29.8 Å². The lowest BCUT2D eigenvalue weighted by molar-refractivity contribution is -0.121. The average Bonchev–Trinajstić information content (AvgIpc) is 2.85. The Labute approximate surface area is 230 Å². The number of halogens is 4. The number of rotatable bonds is 7. The van der Waals surface area contributed by atoms with Gasteiger partial charge in [-0.05, 0) is 69.0 Å². The Morgan fingerprint density at radius 3 is 2.44 bits per heavy atom. The Kier molecular flexibility index (Phi) is 9.41. The number of sulfonamides is 1. The molecule has 1 fully saturated rings. The van der Waals surface area contributed by atoms with Gasteiger partial charge in [-0.15, -0.1) is 0 Å². The van der Waals surface area contributed by atoms with Crippen LogP contribution >= 0.6 is 11.6 Å². The highest BCUT2D eigenvalue weighted by molar-refractivity contribution is 7.89. The zero-order valence-corrected chi connectivity index (χ0v) is 23.2. The summed E-state index contributed by atoms with van der Waals surface area (Å²) in [5.41, 5.74) is 0.164. The third kappa shape index (κ3) is 8.74. The smallest absolute Gasteiger partial charge is 0.410 e. The minimum absolute atomic E-state index is 0.0160. The number of hydrogen-bond acceptors (Lipinski definition) is 6. The Morgan fingerprint density at radius 2 is 1.85 bits per heavy atom. The van der Waals surface area contributed by atoms with Gasteiger partial charge in [-0.3, -0.25) is 0 Å². The third-order valence-corrected chi connectivity index (χ3v) is 7.63. The summed E-state index contributed by atoms with van der Waals surface area (Å²) < 4.78 is 74.9. The summed E-state index contributed by atoms with van der Waals surface area (Å²) in [5.74, 6) is -0.176. The maximum atomic E-state index is 12.7. The number of carbonyl (C=O) groups excluding carboxylic acids is 1. The molecule has 2 atom stereocenters. The number of likely N-dealkylation sites (tertiary alicyclic amines) is 1. The summed E-state index contributed by atoms with van der Waals surface area (Å²) in [5, 5.41) is 10.2. The van der Waals surface area contributed by atoms with Crippen molar-refractivity contribution >= 4 is 27.7 Å². The summed E-state index contributed by atoms with van der Waals surface area (Å²) in [7, 11) is -4.50. The molecule has 1 N–H and O–H groups in total. The van der Waals surface area contributed by atoms with E-state index < -0.39 is 39.3 Å². The first kappa shape index (κ1) is 30.5. The van der Waals surface area contributed by atoms with Gasteiger partial charge in [-0.2, -0.15) is 18.4 Å². The van der Waals surface area contributed by atoms with Crippen molar-refractivity contribution in [2.45, 2.75) is 49.8 Å². The van der Waals surface area contributed by atoms with Crippen LogP contribution in [0.4, 0.5) is 18.0 Å². The number of benzene rings is 2. The van der Waals surface area contributed by atoms with Crippen LogP contribution in [0.15, 0.2) is 47.4 Å². The van der Waals surface area contributed by atoms with E-state index >= 15 is 0 Å². The van der Waals surface area contributed by atoms with Crippen LogP contribution in [-0.2, 0) is 14.8 Å². The second kappa shape index (κ2) is 12.0. The van der Waals surface area contributed by atoms with Crippen molar-refractivity contribution in [1.29, 1.82) is 5.26 Å². The predicted molar refractivity (Wildman–Crippen MR) is 138 cm³/mol. The largest absolute Gasteiger partial charge is 0.492 e. The van der Waals surface area contributed by atoms with E-state index in [1.54, 1.807) is 37.8 Å². The predicted octanol–water partition coefficient (Wildman–Crippen LogP) is 5.47. The van der Waals surface area contributed by atoms with Gasteiger partial charge in [0.2, 0.25) is 10.0 Å². The number of ether oxygens (including phenoxy) is 2. The Hall–Kier alpha value is -3.01. The number of nitrogens with zero attached hydrogens (tertiary/aromatic N) is 2. The summed E-state index contributed by atoms with van der Waals surface area (Å²) in [6.07, 6.45) is -4.58. The second-order valence-corrected chi connectivity index (χ2v) is 12.4. The minimum atomic E-state index is -4.73. The highest BCUT2D eigenvalue weighted by Gasteiger charge is 2.35. The summed E-state index contributed by atoms with van der Waals surface area (Å²) in [6, 6.07) is 12.4. The van der Waals surface area contributed by atoms with Crippen molar-refractivity contribution < 1.29 is 35.9 Å². The Balaban J connectivity index is 1.81. The summed E-state index contributed by atoms with van der Waals surface area (Å²) in [4.78, 5) is 13.8. The Morgan fingerprint density at radius 1 is 1.18 bits per heavy atom. The number of carbonyl (C=O) groups is 1. The van der Waals surface area contributed by atoms with E-state index in [0.29, 0.717) is 24.5 Å². The molecule has 13 heteroatoms. The normalized spacial score (nSPS) is 18.4. The number of alkyl halides is 3. The van der Waals surface area contributed by atoms with Gasteiger partial charge >= 0.3 is 12.3 Å². The SMILES string of the molecule is CC(C)(C)OC(=O)N1CC[C@H](c2ccc(Cl)cc2)[C@@H](COc2ccc(S(=O)(=O)NCC(F)(F)F)cc2C#N)C1. The number of amides is 1. The minimum Gasteiger partial charge on any atom is -0.492 e. The quantitative estimate of drug-likeness (QED) is 0.460. The lowest BCUT2D eigenvalue weighted by Crippen LogP contribution is -2.46. The molecule has 0 aromatic heterocycles. The van der Waals surface area contributed by atoms with Crippen LogP contribution in [0.5, 0.6) is 5.75 Å². The molecule has 0 bridgehead atoms. The molecule has 8 nitrogen and oxygen atoms in total. The van der Waals surface area contributed by atoms with Crippen LogP contribution in [0.3, 0.4) is 0 Å². The molecule has 2 aromatic rings. The number of nitrogens with one attached hydrogen (secondary N) is 1. The third-order valence-electron chi connectivity index (χ3n) is 5.98. The lowest BCUT2D eigenvalue weighted by Gasteiger charge is -2.39. The molecular weight excluding hydrogens is 559 g/mol. The maximum absolute atomic E-state index is 12.7. The maximum Gasteiger partial charge on any atom is 0.410 e. The molecule has 3 rings (SSSR count). The van der Waals surface area contributed by atoms with Gasteiger partial charge in [0.1, 0.15) is 24.0 Å². The van der Waals surface area contributed by atoms with Crippen LogP contribution < -0.4 is 9.46 Å². The number of hydrogen-bond donors (Lipinski definition) is 1. The van der Waals surface area contributed by atoms with Crippen LogP contribution in [-0.4, -0.2) is 57.4 Å². The van der Waals surface area contributed by atoms with Crippen LogP contribution in [0.25, 0.3) is 0 Å². The second-order valence-electron chi connectivity index (χ2n) is 10.2. The molecule has 1 aliphatic rings. The van der Waals surface area contributed by atoms with Gasteiger partial charge in [0.05, 0.1) is 17.1 Å². The van der Waals surface area contributed by atoms with Crippen molar-refractivity contribution in [3.63, 3.8) is 0 Å². The van der Waals surface area contributed by atoms with Gasteiger partial charge in [-0.1, -0.05) is 23.7 Å². The first-order chi connectivity index (χ1) is 18.1. The fraction of sp³-hybridized carbons (Fsp3) is 0.462. The van der Waals surface area contributed by atoms with Gasteiger partial charge in [-0.25, -0.2) is 17.9 Å². The standard InChI is InChI=1S/C26H29ClF3N3O5S/c1-25(2,3)38-24(34)33-11-10-22(17-4-6-20(27)7-5-17)19(14-33)15-37-23-9-8-21(12-18(23)13-31)39(35,36)32-16-26(28,29)30/h4-9,12,19,22,32H,10-11,14-16H2,1-3H3/t19-,22-/m1/s1. The van der Waals surface area contributed by atoms with Crippen molar-refractivity contribution in [2.75, 3.05) is 26.2 Å². The molecule has 1 heterocycles. The topological polar surface area (TPSA) is 109 Å². The molecular formula is C26H29ClF3N3O5S. The molecule has 0 radical (unpaired) electrons. The van der Waals surface area contributed by atoms with Crippen molar-refractivity contribution in [2.24, 2.45) is 5.92 Å². The number of nitriles is 1. The fourth-order valence-corrected chi connectivity index (χ4v) is 5.36. The first-order valence-electron chi connectivity index (χ1n) is 12.0. The molecule has 0 unspecified atom stereocenters. The fourth-order valence-electron chi connectivity index (χ4n) is 4.19. The first-order valence-corrected chi connectivity index (χ1v) is 13.9. The molecule has 1 amide bonds. The summed E-state index contributed by atoms with van der Waals surface area (Å²) >= 11 is 6.05. The zero-order valence-electron chi connectivity index (χ0n) is 21.6. The zero-order chi connectivity index (χ0) is 29.0. The van der Waals surface area contributed by atoms with Crippen LogP contribution in [0.1, 0.15) is 44.2 Å². The molecule has 212 valence electrons. The molecule has 0 saturated carbocycles. The van der Waals surface area contributed by atoms with Crippen LogP contribution in [0.2, 0.25) is 5.02 Å². The number of piperidine rings is 1. The highest BCUT2D eigenvalue weighted by Crippen LogP contribution is 2.35. The van der Waals surface area contributed by atoms with Crippen molar-refractivity contribution in [3.8, 4) is 11.8 Å². The lowest BCUT2D eigenvalue weighted by atomic mass is 9.81. The van der Waals surface area contributed by atoms with Crippen LogP contribution in [0, 0.1) is 17.2 Å². The van der Waals surface area contributed by atoms with Gasteiger partial charge in [0, 0.05) is 24.0 Å². The molecule has 2 aromatic carbocycles. The van der Waals surface area contributed by atoms with Gasteiger partial charge in [0.25, 0.3) is 0 Å². The van der Waals surface area contributed by atoms with Gasteiger partial charge in [0.15, 0.2) is 0 Å². The molecule has 1 saturated heterocycles. The molecule has 0 aliphatic carbocycles. The van der Waals surface area contributed by atoms with E-state index in [4.69, 9.17) is 21.1 Å². The monoisotopic (exact) mass is 587 g/mol. The Bertz CT molecular complexity index is 1320. The summed E-state index contributed by atoms with van der Waals surface area (Å²) in [6.45, 7) is 4.42. The molecule has 39 heavy (non-hydrogen) atoms.